The molecule has 2 fully saturated rings. The number of benzene rings is 1. The standard InChI is InChI=1S/C23H33N5O3/c1-15(2)14-28(23(30)21-25-19-5-4-16(3)10-20(19)26-21)18-11-17(12-24-13-18)22(29)27-6-8-31-9-7-27/h4-5,10,15,17-18,24H,6-9,11-14H2,1-3H3,(H,25,26)/t17-,18+/m1/s1. The number of amides is 2. The van der Waals surface area contributed by atoms with Crippen LogP contribution in [0, 0.1) is 18.8 Å². The van der Waals surface area contributed by atoms with Crippen molar-refractivity contribution in [3.05, 3.63) is 29.6 Å². The molecule has 2 N–H and O–H groups in total. The number of carbonyl (C=O) groups excluding carboxylic acids is 2. The molecule has 0 radical (unpaired) electrons. The number of ether oxygens (including phenoxy) is 1. The number of hydrogen-bond donors (Lipinski definition) is 2. The number of aryl methyl sites for hydroxylation is 1. The second-order valence-corrected chi connectivity index (χ2v) is 9.14. The van der Waals surface area contributed by atoms with Crippen LogP contribution in [0.1, 0.15) is 36.5 Å². The average molecular weight is 428 g/mol. The van der Waals surface area contributed by atoms with Gasteiger partial charge in [0.25, 0.3) is 5.91 Å². The topological polar surface area (TPSA) is 90.6 Å². The van der Waals surface area contributed by atoms with E-state index in [2.05, 4.69) is 29.1 Å². The molecule has 0 aliphatic carbocycles. The van der Waals surface area contributed by atoms with Gasteiger partial charge in [-0.05, 0) is 37.0 Å². The summed E-state index contributed by atoms with van der Waals surface area (Å²) in [5.74, 6) is 0.608. The van der Waals surface area contributed by atoms with Gasteiger partial charge >= 0.3 is 0 Å². The molecule has 2 aromatic rings. The Labute approximate surface area is 183 Å². The molecule has 0 unspecified atom stereocenters. The van der Waals surface area contributed by atoms with Crippen LogP contribution in [0.25, 0.3) is 11.0 Å². The molecule has 168 valence electrons. The highest BCUT2D eigenvalue weighted by Gasteiger charge is 2.36. The number of nitrogens with one attached hydrogen (secondary N) is 2. The molecule has 1 aromatic carbocycles. The summed E-state index contributed by atoms with van der Waals surface area (Å²) in [7, 11) is 0. The summed E-state index contributed by atoms with van der Waals surface area (Å²) in [6.45, 7) is 10.7. The molecule has 4 rings (SSSR count). The summed E-state index contributed by atoms with van der Waals surface area (Å²) in [6.07, 6.45) is 0.668. The number of nitrogens with zero attached hydrogens (tertiary/aromatic N) is 3. The molecule has 31 heavy (non-hydrogen) atoms. The predicted octanol–water partition coefficient (Wildman–Crippen LogP) is 1.81. The molecular formula is C23H33N5O3. The predicted molar refractivity (Wildman–Crippen MR) is 119 cm³/mol. The number of fused-ring (bicyclic) bond motifs is 1. The lowest BCUT2D eigenvalue weighted by Crippen LogP contribution is -2.56. The van der Waals surface area contributed by atoms with Gasteiger partial charge < -0.3 is 24.8 Å². The monoisotopic (exact) mass is 427 g/mol. The van der Waals surface area contributed by atoms with Crippen molar-refractivity contribution in [3.8, 4) is 0 Å². The molecule has 2 atom stereocenters. The van der Waals surface area contributed by atoms with Crippen molar-refractivity contribution in [2.75, 3.05) is 45.9 Å². The normalized spacial score (nSPS) is 22.1. The van der Waals surface area contributed by atoms with E-state index in [1.165, 1.54) is 0 Å². The third-order valence-corrected chi connectivity index (χ3v) is 6.10. The van der Waals surface area contributed by atoms with Gasteiger partial charge in [-0.15, -0.1) is 0 Å². The summed E-state index contributed by atoms with van der Waals surface area (Å²) < 4.78 is 5.38. The largest absolute Gasteiger partial charge is 0.378 e. The summed E-state index contributed by atoms with van der Waals surface area (Å²) in [4.78, 5) is 38.1. The van der Waals surface area contributed by atoms with Gasteiger partial charge in [0.05, 0.1) is 30.2 Å². The molecule has 3 heterocycles. The van der Waals surface area contributed by atoms with Crippen LogP contribution in [0.2, 0.25) is 0 Å². The van der Waals surface area contributed by atoms with Gasteiger partial charge in [-0.3, -0.25) is 9.59 Å². The van der Waals surface area contributed by atoms with E-state index in [-0.39, 0.29) is 23.8 Å². The average Bonchev–Trinajstić information content (AvgIpc) is 3.20. The molecule has 2 aliphatic rings. The van der Waals surface area contributed by atoms with Crippen molar-refractivity contribution in [2.45, 2.75) is 33.2 Å². The number of hydrogen-bond acceptors (Lipinski definition) is 5. The third kappa shape index (κ3) is 4.91. The van der Waals surface area contributed by atoms with Crippen LogP contribution < -0.4 is 5.32 Å². The summed E-state index contributed by atoms with van der Waals surface area (Å²) >= 11 is 0. The zero-order valence-corrected chi connectivity index (χ0v) is 18.7. The highest BCUT2D eigenvalue weighted by atomic mass is 16.5. The summed E-state index contributed by atoms with van der Waals surface area (Å²) in [5.41, 5.74) is 2.77. The number of aromatic nitrogens is 2. The van der Waals surface area contributed by atoms with Gasteiger partial charge in [0.2, 0.25) is 5.91 Å². The van der Waals surface area contributed by atoms with Crippen molar-refractivity contribution in [1.82, 2.24) is 25.1 Å². The number of rotatable bonds is 5. The molecule has 2 amide bonds. The minimum absolute atomic E-state index is 0.0476. The lowest BCUT2D eigenvalue weighted by atomic mass is 9.92. The highest BCUT2D eigenvalue weighted by molar-refractivity contribution is 5.94. The summed E-state index contributed by atoms with van der Waals surface area (Å²) in [6, 6.07) is 5.90. The van der Waals surface area contributed by atoms with Crippen molar-refractivity contribution in [3.63, 3.8) is 0 Å². The van der Waals surface area contributed by atoms with Crippen molar-refractivity contribution in [2.24, 2.45) is 11.8 Å². The molecule has 0 saturated carbocycles. The van der Waals surface area contributed by atoms with Crippen LogP contribution in [-0.2, 0) is 9.53 Å². The Morgan fingerprint density at radius 2 is 2.03 bits per heavy atom. The Morgan fingerprint density at radius 1 is 1.26 bits per heavy atom. The first-order chi connectivity index (χ1) is 14.9. The van der Waals surface area contributed by atoms with Crippen LogP contribution >= 0.6 is 0 Å². The molecule has 8 nitrogen and oxygen atoms in total. The highest BCUT2D eigenvalue weighted by Crippen LogP contribution is 2.22. The van der Waals surface area contributed by atoms with Crippen molar-refractivity contribution < 1.29 is 14.3 Å². The van der Waals surface area contributed by atoms with E-state index in [1.54, 1.807) is 0 Å². The fourth-order valence-electron chi connectivity index (χ4n) is 4.53. The van der Waals surface area contributed by atoms with Gasteiger partial charge in [0, 0.05) is 38.8 Å². The number of imidazole rings is 1. The first-order valence-electron chi connectivity index (χ1n) is 11.3. The van der Waals surface area contributed by atoms with E-state index in [4.69, 9.17) is 4.74 Å². The van der Waals surface area contributed by atoms with Crippen LogP contribution in [0.5, 0.6) is 0 Å². The van der Waals surface area contributed by atoms with Gasteiger partial charge in [0.1, 0.15) is 0 Å². The van der Waals surface area contributed by atoms with Gasteiger partial charge in [-0.25, -0.2) is 4.98 Å². The molecule has 2 saturated heterocycles. The van der Waals surface area contributed by atoms with Crippen LogP contribution in [0.15, 0.2) is 18.2 Å². The van der Waals surface area contributed by atoms with Crippen LogP contribution in [0.3, 0.4) is 0 Å². The Morgan fingerprint density at radius 3 is 2.77 bits per heavy atom. The fraction of sp³-hybridized carbons (Fsp3) is 0.609. The Balaban J connectivity index is 1.53. The second-order valence-electron chi connectivity index (χ2n) is 9.14. The number of aromatic amines is 1. The molecule has 0 spiro atoms. The molecule has 8 heteroatoms. The maximum absolute atomic E-state index is 13.5. The van der Waals surface area contributed by atoms with E-state index in [9.17, 15) is 9.59 Å². The van der Waals surface area contributed by atoms with Crippen molar-refractivity contribution >= 4 is 22.8 Å². The molecule has 0 bridgehead atoms. The first kappa shape index (κ1) is 21.8. The zero-order chi connectivity index (χ0) is 22.0. The molecular weight excluding hydrogens is 394 g/mol. The molecule has 1 aromatic heterocycles. The maximum Gasteiger partial charge on any atom is 0.289 e. The fourth-order valence-corrected chi connectivity index (χ4v) is 4.53. The number of piperidine rings is 1. The van der Waals surface area contributed by atoms with Crippen LogP contribution in [0.4, 0.5) is 0 Å². The van der Waals surface area contributed by atoms with Gasteiger partial charge in [-0.2, -0.15) is 0 Å². The van der Waals surface area contributed by atoms with Crippen LogP contribution in [-0.4, -0.2) is 83.6 Å². The maximum atomic E-state index is 13.5. The lowest BCUT2D eigenvalue weighted by Gasteiger charge is -2.39. The Bertz CT molecular complexity index is 934. The smallest absolute Gasteiger partial charge is 0.289 e. The lowest BCUT2D eigenvalue weighted by molar-refractivity contribution is -0.140. The van der Waals surface area contributed by atoms with Gasteiger partial charge in [-0.1, -0.05) is 19.9 Å². The Hall–Kier alpha value is -2.45. The van der Waals surface area contributed by atoms with Gasteiger partial charge in [0.15, 0.2) is 5.82 Å². The zero-order valence-electron chi connectivity index (χ0n) is 18.7. The second kappa shape index (κ2) is 9.36. The number of carbonyl (C=O) groups is 2. The van der Waals surface area contributed by atoms with E-state index >= 15 is 0 Å². The number of morpholine rings is 1. The minimum Gasteiger partial charge on any atom is -0.378 e. The summed E-state index contributed by atoms with van der Waals surface area (Å²) in [5, 5.41) is 3.40. The van der Waals surface area contributed by atoms with Crippen molar-refractivity contribution in [1.29, 1.82) is 0 Å². The van der Waals surface area contributed by atoms with E-state index in [1.807, 2.05) is 34.9 Å². The quantitative estimate of drug-likeness (QED) is 0.760. The first-order valence-corrected chi connectivity index (χ1v) is 11.3. The third-order valence-electron chi connectivity index (χ3n) is 6.10. The van der Waals surface area contributed by atoms with E-state index < -0.39 is 0 Å². The number of H-pyrrole nitrogens is 1. The molecule has 2 aliphatic heterocycles. The Kier molecular flexibility index (Phi) is 6.57. The minimum atomic E-state index is -0.127. The SMILES string of the molecule is Cc1ccc2[nH]c(C(=O)N(CC(C)C)[C@@H]3CNC[C@H](C(=O)N4CCOCC4)C3)nc2c1. The van der Waals surface area contributed by atoms with E-state index in [0.717, 1.165) is 16.6 Å². The van der Waals surface area contributed by atoms with E-state index in [0.29, 0.717) is 64.1 Å².